The molecule has 0 bridgehead atoms. The molecule has 1 aliphatic rings. The minimum atomic E-state index is 0.0179. The number of ketones is 1. The third-order valence-electron chi connectivity index (χ3n) is 2.09. The van der Waals surface area contributed by atoms with Crippen molar-refractivity contribution in [3.05, 3.63) is 29.8 Å². The molecular formula is C12H12O3. The monoisotopic (exact) mass is 204 g/mol. The van der Waals surface area contributed by atoms with Crippen LogP contribution in [0.2, 0.25) is 0 Å². The van der Waals surface area contributed by atoms with Crippen LogP contribution in [-0.4, -0.2) is 19.0 Å². The first kappa shape index (κ1) is 9.77. The number of rotatable bonds is 2. The largest absolute Gasteiger partial charge is 0.486 e. The van der Waals surface area contributed by atoms with Crippen molar-refractivity contribution < 1.29 is 14.3 Å². The van der Waals surface area contributed by atoms with E-state index in [1.54, 1.807) is 6.08 Å². The van der Waals surface area contributed by atoms with E-state index in [9.17, 15) is 4.79 Å². The molecule has 0 radical (unpaired) electrons. The summed E-state index contributed by atoms with van der Waals surface area (Å²) < 4.78 is 10.9. The van der Waals surface area contributed by atoms with Gasteiger partial charge >= 0.3 is 0 Å². The van der Waals surface area contributed by atoms with Crippen LogP contribution in [0.15, 0.2) is 24.3 Å². The molecule has 0 amide bonds. The normalized spacial score (nSPS) is 14.2. The SMILES string of the molecule is CC(=O)/C=C/c1cccc2c1OCCO2. The zero-order chi connectivity index (χ0) is 10.7. The van der Waals surface area contributed by atoms with Gasteiger partial charge in [-0.3, -0.25) is 4.79 Å². The van der Waals surface area contributed by atoms with Gasteiger partial charge in [-0.25, -0.2) is 0 Å². The Morgan fingerprint density at radius 1 is 1.33 bits per heavy atom. The van der Waals surface area contributed by atoms with Crippen LogP contribution >= 0.6 is 0 Å². The number of hydrogen-bond acceptors (Lipinski definition) is 3. The van der Waals surface area contributed by atoms with E-state index >= 15 is 0 Å². The summed E-state index contributed by atoms with van der Waals surface area (Å²) in [5.74, 6) is 1.48. The van der Waals surface area contributed by atoms with E-state index in [1.807, 2.05) is 18.2 Å². The maximum absolute atomic E-state index is 10.8. The van der Waals surface area contributed by atoms with E-state index in [2.05, 4.69) is 0 Å². The highest BCUT2D eigenvalue weighted by Gasteiger charge is 2.13. The molecule has 0 fully saturated rings. The maximum Gasteiger partial charge on any atom is 0.168 e. The predicted molar refractivity (Wildman–Crippen MR) is 57.1 cm³/mol. The molecule has 0 unspecified atom stereocenters. The average molecular weight is 204 g/mol. The van der Waals surface area contributed by atoms with Crippen LogP contribution in [0.1, 0.15) is 12.5 Å². The molecule has 2 rings (SSSR count). The molecule has 1 heterocycles. The summed E-state index contributed by atoms with van der Waals surface area (Å²) in [6.45, 7) is 2.65. The van der Waals surface area contributed by atoms with Crippen molar-refractivity contribution in [3.63, 3.8) is 0 Å². The number of hydrogen-bond donors (Lipinski definition) is 0. The Labute approximate surface area is 88.3 Å². The maximum atomic E-state index is 10.8. The Bertz CT molecular complexity index is 407. The van der Waals surface area contributed by atoms with Gasteiger partial charge < -0.3 is 9.47 Å². The van der Waals surface area contributed by atoms with Crippen LogP contribution in [-0.2, 0) is 4.79 Å². The zero-order valence-corrected chi connectivity index (χ0v) is 8.53. The zero-order valence-electron chi connectivity index (χ0n) is 8.53. The second-order valence-corrected chi connectivity index (χ2v) is 3.32. The highest BCUT2D eigenvalue weighted by atomic mass is 16.6. The molecule has 0 atom stereocenters. The van der Waals surface area contributed by atoms with Gasteiger partial charge in [-0.05, 0) is 25.1 Å². The van der Waals surface area contributed by atoms with Crippen molar-refractivity contribution in [1.29, 1.82) is 0 Å². The average Bonchev–Trinajstić information content (AvgIpc) is 2.26. The number of benzene rings is 1. The van der Waals surface area contributed by atoms with Gasteiger partial charge in [-0.15, -0.1) is 0 Å². The summed E-state index contributed by atoms with van der Waals surface area (Å²) in [6, 6.07) is 5.64. The number of carbonyl (C=O) groups is 1. The molecule has 0 saturated carbocycles. The molecule has 0 spiro atoms. The second-order valence-electron chi connectivity index (χ2n) is 3.32. The van der Waals surface area contributed by atoms with Gasteiger partial charge in [0.05, 0.1) is 0 Å². The molecule has 3 nitrogen and oxygen atoms in total. The van der Waals surface area contributed by atoms with Crippen LogP contribution in [0.3, 0.4) is 0 Å². The third kappa shape index (κ3) is 2.18. The van der Waals surface area contributed by atoms with Gasteiger partial charge in [0.1, 0.15) is 13.2 Å². The fourth-order valence-corrected chi connectivity index (χ4v) is 1.43. The van der Waals surface area contributed by atoms with E-state index in [0.29, 0.717) is 13.2 Å². The van der Waals surface area contributed by atoms with Crippen molar-refractivity contribution in [2.75, 3.05) is 13.2 Å². The highest BCUT2D eigenvalue weighted by molar-refractivity contribution is 5.92. The minimum Gasteiger partial charge on any atom is -0.486 e. The lowest BCUT2D eigenvalue weighted by atomic mass is 10.1. The smallest absolute Gasteiger partial charge is 0.168 e. The van der Waals surface area contributed by atoms with E-state index in [4.69, 9.17) is 9.47 Å². The first-order chi connectivity index (χ1) is 7.27. The summed E-state index contributed by atoms with van der Waals surface area (Å²) in [5, 5.41) is 0. The molecule has 1 aromatic carbocycles. The molecule has 78 valence electrons. The van der Waals surface area contributed by atoms with E-state index < -0.39 is 0 Å². The van der Waals surface area contributed by atoms with Gasteiger partial charge in [0.2, 0.25) is 0 Å². The molecular weight excluding hydrogens is 192 g/mol. The standard InChI is InChI=1S/C12H12O3/c1-9(13)5-6-10-3-2-4-11-12(10)15-8-7-14-11/h2-6H,7-8H2,1H3/b6-5+. The molecule has 0 saturated heterocycles. The van der Waals surface area contributed by atoms with Gasteiger partial charge in [-0.1, -0.05) is 12.1 Å². The first-order valence-corrected chi connectivity index (χ1v) is 4.84. The van der Waals surface area contributed by atoms with Crippen molar-refractivity contribution in [1.82, 2.24) is 0 Å². The lowest BCUT2D eigenvalue weighted by Gasteiger charge is -2.19. The summed E-state index contributed by atoms with van der Waals surface area (Å²) in [5.41, 5.74) is 0.877. The minimum absolute atomic E-state index is 0.0179. The number of allylic oxidation sites excluding steroid dienone is 1. The highest BCUT2D eigenvalue weighted by Crippen LogP contribution is 2.34. The number of ether oxygens (including phenoxy) is 2. The molecule has 0 N–H and O–H groups in total. The molecule has 0 aromatic heterocycles. The number of para-hydroxylation sites is 1. The van der Waals surface area contributed by atoms with Gasteiger partial charge in [0.25, 0.3) is 0 Å². The summed E-state index contributed by atoms with van der Waals surface area (Å²) >= 11 is 0. The third-order valence-corrected chi connectivity index (χ3v) is 2.09. The predicted octanol–water partition coefficient (Wildman–Crippen LogP) is 2.06. The van der Waals surface area contributed by atoms with Gasteiger partial charge in [0.15, 0.2) is 17.3 Å². The van der Waals surface area contributed by atoms with Gasteiger partial charge in [0, 0.05) is 5.56 Å². The molecule has 15 heavy (non-hydrogen) atoms. The summed E-state index contributed by atoms with van der Waals surface area (Å²) in [6.07, 6.45) is 3.27. The Kier molecular flexibility index (Phi) is 2.72. The van der Waals surface area contributed by atoms with E-state index in [0.717, 1.165) is 17.1 Å². The van der Waals surface area contributed by atoms with E-state index in [-0.39, 0.29) is 5.78 Å². The van der Waals surface area contributed by atoms with Crippen molar-refractivity contribution >= 4 is 11.9 Å². The van der Waals surface area contributed by atoms with E-state index in [1.165, 1.54) is 13.0 Å². The molecule has 0 aliphatic carbocycles. The Hall–Kier alpha value is -1.77. The van der Waals surface area contributed by atoms with Crippen LogP contribution in [0.5, 0.6) is 11.5 Å². The fourth-order valence-electron chi connectivity index (χ4n) is 1.43. The van der Waals surface area contributed by atoms with Crippen molar-refractivity contribution in [2.24, 2.45) is 0 Å². The van der Waals surface area contributed by atoms with Crippen LogP contribution in [0, 0.1) is 0 Å². The summed E-state index contributed by atoms with van der Waals surface area (Å²) in [7, 11) is 0. The molecule has 1 aliphatic heterocycles. The number of carbonyl (C=O) groups excluding carboxylic acids is 1. The lowest BCUT2D eigenvalue weighted by Crippen LogP contribution is -2.15. The Morgan fingerprint density at radius 2 is 2.13 bits per heavy atom. The molecule has 3 heteroatoms. The first-order valence-electron chi connectivity index (χ1n) is 4.84. The molecule has 1 aromatic rings. The quantitative estimate of drug-likeness (QED) is 0.692. The van der Waals surface area contributed by atoms with Crippen molar-refractivity contribution in [2.45, 2.75) is 6.92 Å². The van der Waals surface area contributed by atoms with Crippen LogP contribution in [0.25, 0.3) is 6.08 Å². The Balaban J connectivity index is 2.35. The van der Waals surface area contributed by atoms with Crippen LogP contribution in [0.4, 0.5) is 0 Å². The fraction of sp³-hybridized carbons (Fsp3) is 0.250. The topological polar surface area (TPSA) is 35.5 Å². The van der Waals surface area contributed by atoms with Crippen LogP contribution < -0.4 is 9.47 Å². The lowest BCUT2D eigenvalue weighted by molar-refractivity contribution is -0.112. The second kappa shape index (κ2) is 4.17. The van der Waals surface area contributed by atoms with Gasteiger partial charge in [-0.2, -0.15) is 0 Å². The number of fused-ring (bicyclic) bond motifs is 1. The summed E-state index contributed by atoms with van der Waals surface area (Å²) in [4.78, 5) is 10.8. The van der Waals surface area contributed by atoms with Crippen molar-refractivity contribution in [3.8, 4) is 11.5 Å². The Morgan fingerprint density at radius 3 is 2.93 bits per heavy atom.